The average molecular weight is 390 g/mol. The Hall–Kier alpha value is -2.64. The number of piperazine rings is 1. The van der Waals surface area contributed by atoms with Gasteiger partial charge < -0.3 is 15.1 Å². The smallest absolute Gasteiger partial charge is 0.282 e. The Morgan fingerprint density at radius 1 is 1.22 bits per heavy atom. The molecule has 0 aromatic heterocycles. The molecule has 2 aromatic carbocycles. The molecule has 0 aliphatic carbocycles. The van der Waals surface area contributed by atoms with Gasteiger partial charge in [-0.05, 0) is 25.1 Å². The minimum Gasteiger partial charge on any atom is -0.360 e. The van der Waals surface area contributed by atoms with Crippen LogP contribution in [0.2, 0.25) is 5.02 Å². The van der Waals surface area contributed by atoms with Gasteiger partial charge in [0, 0.05) is 17.8 Å². The lowest BCUT2D eigenvalue weighted by Gasteiger charge is -2.36. The van der Waals surface area contributed by atoms with Gasteiger partial charge in [0.2, 0.25) is 0 Å². The molecule has 7 nitrogen and oxygen atoms in total. The molecule has 8 heteroatoms. The van der Waals surface area contributed by atoms with Crippen molar-refractivity contribution in [3.63, 3.8) is 0 Å². The Morgan fingerprint density at radius 2 is 1.89 bits per heavy atom. The lowest BCUT2D eigenvalue weighted by Crippen LogP contribution is -3.19. The minimum atomic E-state index is -0.510. The van der Waals surface area contributed by atoms with Crippen molar-refractivity contribution in [1.29, 1.82) is 0 Å². The van der Waals surface area contributed by atoms with E-state index in [9.17, 15) is 14.9 Å². The van der Waals surface area contributed by atoms with E-state index in [-0.39, 0.29) is 28.3 Å². The van der Waals surface area contributed by atoms with Gasteiger partial charge in [0.15, 0.2) is 6.04 Å². The third-order valence-corrected chi connectivity index (χ3v) is 5.28. The van der Waals surface area contributed by atoms with Crippen LogP contribution in [-0.4, -0.2) is 43.1 Å². The predicted octanol–water partition coefficient (Wildman–Crippen LogP) is 1.98. The molecule has 0 unspecified atom stereocenters. The topological polar surface area (TPSA) is 79.9 Å². The van der Waals surface area contributed by atoms with Gasteiger partial charge in [-0.3, -0.25) is 14.9 Å². The van der Waals surface area contributed by atoms with Crippen molar-refractivity contribution in [2.45, 2.75) is 13.0 Å². The number of anilines is 2. The van der Waals surface area contributed by atoms with Crippen LogP contribution in [0.5, 0.6) is 0 Å². The molecular weight excluding hydrogens is 368 g/mol. The van der Waals surface area contributed by atoms with Crippen molar-refractivity contribution < 1.29 is 14.6 Å². The standard InChI is InChI=1S/C19H21ClN4O3/c1-14(19(25)21-18-13-16(24(26)27)7-8-17(18)20)22-9-11-23(12-10-22)15-5-3-2-4-6-15/h2-8,13-14H,9-12H2,1H3,(H,21,25)/p+1/t14-/m1/s1. The number of rotatable bonds is 5. The van der Waals surface area contributed by atoms with Crippen LogP contribution in [0.3, 0.4) is 0 Å². The quantitative estimate of drug-likeness (QED) is 0.605. The van der Waals surface area contributed by atoms with Crippen molar-refractivity contribution in [1.82, 2.24) is 0 Å². The van der Waals surface area contributed by atoms with Crippen molar-refractivity contribution in [3.05, 3.63) is 63.7 Å². The molecule has 2 N–H and O–H groups in total. The van der Waals surface area contributed by atoms with E-state index in [0.29, 0.717) is 0 Å². The number of carbonyl (C=O) groups is 1. The van der Waals surface area contributed by atoms with Crippen molar-refractivity contribution in [3.8, 4) is 0 Å². The number of quaternary nitrogens is 1. The van der Waals surface area contributed by atoms with Gasteiger partial charge in [-0.2, -0.15) is 0 Å². The third kappa shape index (κ3) is 4.56. The maximum atomic E-state index is 12.6. The van der Waals surface area contributed by atoms with Crippen LogP contribution in [-0.2, 0) is 4.79 Å². The summed E-state index contributed by atoms with van der Waals surface area (Å²) in [6.45, 7) is 5.29. The highest BCUT2D eigenvalue weighted by molar-refractivity contribution is 6.33. The molecule has 0 bridgehead atoms. The molecule has 1 saturated heterocycles. The Balaban J connectivity index is 1.60. The molecule has 1 amide bonds. The minimum absolute atomic E-state index is 0.105. The largest absolute Gasteiger partial charge is 0.360 e. The van der Waals surface area contributed by atoms with Crippen LogP contribution in [0.4, 0.5) is 17.1 Å². The van der Waals surface area contributed by atoms with Gasteiger partial charge in [-0.1, -0.05) is 29.8 Å². The summed E-state index contributed by atoms with van der Waals surface area (Å²) >= 11 is 6.07. The normalized spacial score (nSPS) is 16.0. The number of nitrogens with zero attached hydrogens (tertiary/aromatic N) is 2. The molecule has 1 aliphatic heterocycles. The van der Waals surface area contributed by atoms with Gasteiger partial charge in [0.05, 0.1) is 41.8 Å². The molecular formula is C19H22ClN4O3+. The molecule has 1 aliphatic rings. The number of hydrogen-bond donors (Lipinski definition) is 2. The number of nitro benzene ring substituents is 1. The molecule has 0 saturated carbocycles. The number of hydrogen-bond acceptors (Lipinski definition) is 4. The van der Waals surface area contributed by atoms with Gasteiger partial charge in [-0.15, -0.1) is 0 Å². The van der Waals surface area contributed by atoms with E-state index in [2.05, 4.69) is 22.3 Å². The molecule has 0 radical (unpaired) electrons. The first-order chi connectivity index (χ1) is 13.0. The molecule has 1 atom stereocenters. The molecule has 27 heavy (non-hydrogen) atoms. The Kier molecular flexibility index (Phi) is 5.93. The summed E-state index contributed by atoms with van der Waals surface area (Å²) in [6, 6.07) is 14.0. The summed E-state index contributed by atoms with van der Waals surface area (Å²) in [5.41, 5.74) is 1.35. The summed E-state index contributed by atoms with van der Waals surface area (Å²) in [5, 5.41) is 13.9. The fourth-order valence-electron chi connectivity index (χ4n) is 3.27. The van der Waals surface area contributed by atoms with Crippen LogP contribution >= 0.6 is 11.6 Å². The maximum Gasteiger partial charge on any atom is 0.282 e. The van der Waals surface area contributed by atoms with E-state index in [0.717, 1.165) is 26.2 Å². The zero-order chi connectivity index (χ0) is 19.4. The van der Waals surface area contributed by atoms with E-state index < -0.39 is 4.92 Å². The van der Waals surface area contributed by atoms with Gasteiger partial charge in [-0.25, -0.2) is 0 Å². The van der Waals surface area contributed by atoms with Gasteiger partial charge >= 0.3 is 0 Å². The summed E-state index contributed by atoms with van der Waals surface area (Å²) in [4.78, 5) is 26.5. The van der Waals surface area contributed by atoms with Crippen LogP contribution in [0.25, 0.3) is 0 Å². The highest BCUT2D eigenvalue weighted by Gasteiger charge is 2.29. The van der Waals surface area contributed by atoms with Crippen LogP contribution in [0.1, 0.15) is 6.92 Å². The Bertz CT molecular complexity index is 823. The first-order valence-electron chi connectivity index (χ1n) is 8.85. The zero-order valence-corrected chi connectivity index (χ0v) is 15.8. The maximum absolute atomic E-state index is 12.6. The average Bonchev–Trinajstić information content (AvgIpc) is 2.69. The van der Waals surface area contributed by atoms with Crippen LogP contribution in [0, 0.1) is 10.1 Å². The summed E-state index contributed by atoms with van der Waals surface area (Å²) in [7, 11) is 0. The number of carbonyl (C=O) groups excluding carboxylic acids is 1. The van der Waals surface area contributed by atoms with Gasteiger partial charge in [0.1, 0.15) is 0 Å². The number of benzene rings is 2. The fraction of sp³-hybridized carbons (Fsp3) is 0.316. The molecule has 3 rings (SSSR count). The third-order valence-electron chi connectivity index (χ3n) is 4.95. The van der Waals surface area contributed by atoms with E-state index in [1.807, 2.05) is 25.1 Å². The number of nitrogens with one attached hydrogen (secondary N) is 2. The number of para-hydroxylation sites is 1. The van der Waals surface area contributed by atoms with Crippen LogP contribution in [0.15, 0.2) is 48.5 Å². The number of non-ortho nitro benzene ring substituents is 1. The van der Waals surface area contributed by atoms with Crippen molar-refractivity contribution in [2.24, 2.45) is 0 Å². The SMILES string of the molecule is C[C@H](C(=O)Nc1cc([N+](=O)[O-])ccc1Cl)[NH+]1CCN(c2ccccc2)CC1. The molecule has 0 spiro atoms. The van der Waals surface area contributed by atoms with E-state index in [4.69, 9.17) is 11.6 Å². The molecule has 1 fully saturated rings. The number of amides is 1. The summed E-state index contributed by atoms with van der Waals surface area (Å²) in [5.74, 6) is -0.194. The fourth-order valence-corrected chi connectivity index (χ4v) is 3.44. The second-order valence-electron chi connectivity index (χ2n) is 6.61. The lowest BCUT2D eigenvalue weighted by atomic mass is 10.2. The van der Waals surface area contributed by atoms with E-state index in [1.165, 1.54) is 28.8 Å². The van der Waals surface area contributed by atoms with Crippen LogP contribution < -0.4 is 15.1 Å². The van der Waals surface area contributed by atoms with E-state index in [1.54, 1.807) is 0 Å². The summed E-state index contributed by atoms with van der Waals surface area (Å²) in [6.07, 6.45) is 0. The zero-order valence-electron chi connectivity index (χ0n) is 15.0. The highest BCUT2D eigenvalue weighted by Crippen LogP contribution is 2.26. The first-order valence-corrected chi connectivity index (χ1v) is 9.23. The summed E-state index contributed by atoms with van der Waals surface area (Å²) < 4.78 is 0. The van der Waals surface area contributed by atoms with Crippen molar-refractivity contribution >= 4 is 34.6 Å². The van der Waals surface area contributed by atoms with E-state index >= 15 is 0 Å². The second-order valence-corrected chi connectivity index (χ2v) is 7.02. The Morgan fingerprint density at radius 3 is 2.52 bits per heavy atom. The first kappa shape index (κ1) is 19.1. The van der Waals surface area contributed by atoms with Crippen molar-refractivity contribution in [2.75, 3.05) is 36.4 Å². The Labute approximate surface area is 162 Å². The van der Waals surface area contributed by atoms with Gasteiger partial charge in [0.25, 0.3) is 11.6 Å². The molecule has 2 aromatic rings. The number of halogens is 1. The predicted molar refractivity (Wildman–Crippen MR) is 106 cm³/mol. The monoisotopic (exact) mass is 389 g/mol. The lowest BCUT2D eigenvalue weighted by molar-refractivity contribution is -0.914. The second kappa shape index (κ2) is 8.37. The number of nitro groups is 1. The molecule has 1 heterocycles. The molecule has 142 valence electrons. The highest BCUT2D eigenvalue weighted by atomic mass is 35.5.